The van der Waals surface area contributed by atoms with E-state index >= 15 is 0 Å². The summed E-state index contributed by atoms with van der Waals surface area (Å²) in [6.45, 7) is -0.250. The van der Waals surface area contributed by atoms with Crippen LogP contribution in [0.1, 0.15) is 2.85 Å². The molecule has 0 aromatic carbocycles. The monoisotopic (exact) mass is 133 g/mol. The molecule has 0 aliphatic rings. The predicted molar refractivity (Wildman–Crippen MR) is 22.1 cm³/mol. The van der Waals surface area contributed by atoms with Gasteiger partial charge in [0.1, 0.15) is 0 Å². The van der Waals surface area contributed by atoms with Gasteiger partial charge in [-0.3, -0.25) is 4.79 Å². The first-order valence-corrected chi connectivity index (χ1v) is 1.02. The van der Waals surface area contributed by atoms with Gasteiger partial charge in [-0.05, 0) is 0 Å². The summed E-state index contributed by atoms with van der Waals surface area (Å²) in [5.41, 5.74) is 0. The van der Waals surface area contributed by atoms with Gasteiger partial charge in [-0.1, -0.05) is 0 Å². The van der Waals surface area contributed by atoms with E-state index in [1.165, 1.54) is 0 Å². The first kappa shape index (κ1) is 10.2. The molecule has 0 rings (SSSR count). The van der Waals surface area contributed by atoms with Gasteiger partial charge in [-0.15, -0.1) is 10.1 Å². The quantitative estimate of drug-likeness (QED) is 0.214. The Morgan fingerprint density at radius 3 is 2.29 bits per heavy atom. The molecule has 7 heavy (non-hydrogen) atoms. The normalized spacial score (nSPS) is 5.71. The number of rotatable bonds is 2. The minimum absolute atomic E-state index is 0. The van der Waals surface area contributed by atoms with Gasteiger partial charge >= 0.3 is 42.8 Å². The standard InChI is InChI=1S/CHNO4.Ca.2H/c3-1-6-2(4)5;;;/h1H;;;/q;+2;2*-1. The molecule has 0 unspecified atom stereocenters. The van der Waals surface area contributed by atoms with Crippen LogP contribution in [0, 0.1) is 10.1 Å². The van der Waals surface area contributed by atoms with Gasteiger partial charge in [0, 0.05) is 0 Å². The fourth-order valence-electron chi connectivity index (χ4n) is 0.0351. The summed E-state index contributed by atoms with van der Waals surface area (Å²) in [4.78, 5) is 21.0. The van der Waals surface area contributed by atoms with Crippen LogP contribution in [0.2, 0.25) is 0 Å². The van der Waals surface area contributed by atoms with Crippen molar-refractivity contribution in [2.24, 2.45) is 0 Å². The third-order valence-corrected chi connectivity index (χ3v) is 0.129. The summed E-state index contributed by atoms with van der Waals surface area (Å²) in [6, 6.07) is 0. The maximum absolute atomic E-state index is 8.95. The van der Waals surface area contributed by atoms with Gasteiger partial charge in [-0.25, -0.2) is 4.84 Å². The zero-order chi connectivity index (χ0) is 4.99. The van der Waals surface area contributed by atoms with Crippen molar-refractivity contribution in [1.82, 2.24) is 0 Å². The van der Waals surface area contributed by atoms with Crippen LogP contribution in [0.3, 0.4) is 0 Å². The average molecular weight is 133 g/mol. The molecule has 0 fully saturated rings. The van der Waals surface area contributed by atoms with Gasteiger partial charge < -0.3 is 2.85 Å². The number of hydrogen-bond donors (Lipinski definition) is 0. The van der Waals surface area contributed by atoms with Crippen molar-refractivity contribution in [3.8, 4) is 0 Å². The topological polar surface area (TPSA) is 69.4 Å². The molecule has 0 radical (unpaired) electrons. The van der Waals surface area contributed by atoms with E-state index in [0.717, 1.165) is 0 Å². The van der Waals surface area contributed by atoms with Crippen molar-refractivity contribution in [2.45, 2.75) is 0 Å². The number of nitrogens with zero attached hydrogens (tertiary/aromatic N) is 1. The molecule has 0 bridgehead atoms. The molecule has 0 spiro atoms. The summed E-state index contributed by atoms with van der Waals surface area (Å²) in [5.74, 6) is 0. The van der Waals surface area contributed by atoms with E-state index < -0.39 is 5.09 Å². The molecule has 0 saturated carbocycles. The first-order valence-electron chi connectivity index (χ1n) is 1.02. The van der Waals surface area contributed by atoms with Crippen molar-refractivity contribution in [3.63, 3.8) is 0 Å². The van der Waals surface area contributed by atoms with E-state index in [1.807, 2.05) is 0 Å². The summed E-state index contributed by atoms with van der Waals surface area (Å²) in [7, 11) is 0. The summed E-state index contributed by atoms with van der Waals surface area (Å²) in [6.07, 6.45) is 0. The van der Waals surface area contributed by atoms with Crippen LogP contribution in [0.25, 0.3) is 0 Å². The molecule has 0 saturated heterocycles. The van der Waals surface area contributed by atoms with Crippen molar-refractivity contribution in [3.05, 3.63) is 10.1 Å². The molecule has 38 valence electrons. The maximum Gasteiger partial charge on any atom is 2.00 e. The molecule has 0 aromatic heterocycles. The van der Waals surface area contributed by atoms with Crippen LogP contribution in [0.5, 0.6) is 0 Å². The van der Waals surface area contributed by atoms with E-state index in [1.54, 1.807) is 0 Å². The average Bonchev–Trinajstić information content (AvgIpc) is 1.35. The van der Waals surface area contributed by atoms with Crippen LogP contribution in [0.15, 0.2) is 0 Å². The molecule has 0 aromatic rings. The number of carbonyl (C=O) groups is 1. The van der Waals surface area contributed by atoms with Gasteiger partial charge in [-0.2, -0.15) is 0 Å². The summed E-state index contributed by atoms with van der Waals surface area (Å²) >= 11 is 0. The van der Waals surface area contributed by atoms with Crippen LogP contribution >= 0.6 is 0 Å². The predicted octanol–water partition coefficient (Wildman–Crippen LogP) is -0.805. The second-order valence-corrected chi connectivity index (χ2v) is 0.425. The minimum Gasteiger partial charge on any atom is -1.00 e. The molecule has 0 N–H and O–H groups in total. The molecular weight excluding hydrogens is 130 g/mol. The molecule has 0 aliphatic heterocycles. The summed E-state index contributed by atoms with van der Waals surface area (Å²) < 4.78 is 0. The Bertz CT molecular complexity index is 79.0. The third-order valence-electron chi connectivity index (χ3n) is 0.129. The van der Waals surface area contributed by atoms with Crippen molar-refractivity contribution >= 4 is 44.2 Å². The Morgan fingerprint density at radius 1 is 1.86 bits per heavy atom. The van der Waals surface area contributed by atoms with Crippen molar-refractivity contribution in [2.75, 3.05) is 0 Å². The Kier molecular flexibility index (Phi) is 8.91. The zero-order valence-electron chi connectivity index (χ0n) is 5.36. The molecule has 0 aliphatic carbocycles. The van der Waals surface area contributed by atoms with Crippen LogP contribution in [0.4, 0.5) is 0 Å². The second kappa shape index (κ2) is 6.13. The van der Waals surface area contributed by atoms with E-state index in [2.05, 4.69) is 4.84 Å². The Balaban J connectivity index is -0.0000000417. The molecule has 6 heteroatoms. The van der Waals surface area contributed by atoms with E-state index in [9.17, 15) is 0 Å². The summed E-state index contributed by atoms with van der Waals surface area (Å²) in [5, 5.41) is 7.76. The molecule has 0 amide bonds. The first-order chi connectivity index (χ1) is 2.77. The number of carbonyl (C=O) groups excluding carboxylic acids is 1. The fraction of sp³-hybridized carbons (Fsp3) is 0. The van der Waals surface area contributed by atoms with E-state index in [4.69, 9.17) is 14.9 Å². The number of hydrogen-bond acceptors (Lipinski definition) is 4. The zero-order valence-corrected chi connectivity index (χ0v) is 5.57. The Morgan fingerprint density at radius 2 is 2.29 bits per heavy atom. The maximum atomic E-state index is 8.95. The molecule has 0 atom stereocenters. The van der Waals surface area contributed by atoms with Crippen molar-refractivity contribution in [1.29, 1.82) is 0 Å². The Hall–Kier alpha value is 0.130. The van der Waals surface area contributed by atoms with Gasteiger partial charge in [0.15, 0.2) is 0 Å². The van der Waals surface area contributed by atoms with Crippen molar-refractivity contribution < 1.29 is 17.6 Å². The SMILES string of the molecule is O=CO[N+](=O)[O-].[Ca+2].[H-].[H-]. The van der Waals surface area contributed by atoms with Crippen LogP contribution in [-0.4, -0.2) is 49.3 Å². The van der Waals surface area contributed by atoms with E-state index in [0.29, 0.717) is 0 Å². The molecular formula is CH3CaNO4. The van der Waals surface area contributed by atoms with E-state index in [-0.39, 0.29) is 47.1 Å². The smallest absolute Gasteiger partial charge is 1.00 e. The molecule has 0 heterocycles. The van der Waals surface area contributed by atoms with Gasteiger partial charge in [0.25, 0.3) is 6.47 Å². The molecule has 5 nitrogen and oxygen atoms in total. The van der Waals surface area contributed by atoms with Crippen LogP contribution in [-0.2, 0) is 9.63 Å². The second-order valence-electron chi connectivity index (χ2n) is 0.425. The third kappa shape index (κ3) is 10.7. The Labute approximate surface area is 71.7 Å². The van der Waals surface area contributed by atoms with Gasteiger partial charge in [0.05, 0.1) is 0 Å². The van der Waals surface area contributed by atoms with Gasteiger partial charge in [0.2, 0.25) is 0 Å². The van der Waals surface area contributed by atoms with Crippen LogP contribution < -0.4 is 0 Å². The fourth-order valence-corrected chi connectivity index (χ4v) is 0.0351. The largest absolute Gasteiger partial charge is 2.00 e. The minimum atomic E-state index is -1.19.